The van der Waals surface area contributed by atoms with Crippen LogP contribution in [0.5, 0.6) is 0 Å². The van der Waals surface area contributed by atoms with Gasteiger partial charge in [0.1, 0.15) is 0 Å². The van der Waals surface area contributed by atoms with Crippen LogP contribution in [0.3, 0.4) is 0 Å². The van der Waals surface area contributed by atoms with E-state index in [2.05, 4.69) is 25.4 Å². The third-order valence-corrected chi connectivity index (χ3v) is 3.70. The summed E-state index contributed by atoms with van der Waals surface area (Å²) in [5, 5.41) is 16.4. The lowest BCUT2D eigenvalue weighted by Crippen LogP contribution is -2.50. The summed E-state index contributed by atoms with van der Waals surface area (Å²) in [6.07, 6.45) is 2.78. The average Bonchev–Trinajstić information content (AvgIpc) is 3.33. The summed E-state index contributed by atoms with van der Waals surface area (Å²) >= 11 is 0. The van der Waals surface area contributed by atoms with Crippen molar-refractivity contribution in [2.45, 2.75) is 50.7 Å². The first-order valence-corrected chi connectivity index (χ1v) is 7.86. The summed E-state index contributed by atoms with van der Waals surface area (Å²) < 4.78 is 0. The molecule has 1 aliphatic rings. The molecule has 1 rings (SSSR count). The fraction of sp³-hybridized carbons (Fsp3) is 0.833. The number of nitrogens with two attached hydrogens (primary N) is 4. The Bertz CT molecular complexity index is 505. The van der Waals surface area contributed by atoms with Crippen molar-refractivity contribution in [3.63, 3.8) is 0 Å². The number of hydrogen-bond donors (Lipinski definition) is 4. The van der Waals surface area contributed by atoms with E-state index in [1.54, 1.807) is 0 Å². The molecule has 1 atom stereocenters. The molecule has 0 spiro atoms. The van der Waals surface area contributed by atoms with Gasteiger partial charge in [-0.05, 0) is 39.0 Å². The van der Waals surface area contributed by atoms with Gasteiger partial charge in [0.15, 0.2) is 11.7 Å². The number of carbonyl (C=O) groups excluding carboxylic acids is 2. The molecule has 2 amide bonds. The lowest BCUT2D eigenvalue weighted by Gasteiger charge is -2.24. The minimum atomic E-state index is -0.873. The molecule has 0 saturated heterocycles. The fourth-order valence-electron chi connectivity index (χ4n) is 2.13. The van der Waals surface area contributed by atoms with Gasteiger partial charge in [-0.1, -0.05) is 5.22 Å². The maximum atomic E-state index is 12.0. The van der Waals surface area contributed by atoms with Crippen LogP contribution in [0.4, 0.5) is 4.79 Å². The van der Waals surface area contributed by atoms with Gasteiger partial charge >= 0.3 is 12.0 Å². The molecule has 0 saturated carbocycles. The van der Waals surface area contributed by atoms with E-state index in [1.807, 2.05) is 6.92 Å². The zero-order valence-electron chi connectivity index (χ0n) is 14.2. The predicted molar refractivity (Wildman–Crippen MR) is 86.6 cm³/mol. The Labute approximate surface area is 145 Å². The Balaban J connectivity index is 2.21. The van der Waals surface area contributed by atoms with Gasteiger partial charge in [-0.2, -0.15) is 21.2 Å². The smallest absolute Gasteiger partial charge is 0.351 e. The second-order valence-electron chi connectivity index (χ2n) is 5.87. The molecule has 0 unspecified atom stereocenters. The highest BCUT2D eigenvalue weighted by Crippen LogP contribution is 2.31. The third-order valence-electron chi connectivity index (χ3n) is 3.70. The van der Waals surface area contributed by atoms with Crippen LogP contribution < -0.4 is 23.4 Å². The van der Waals surface area contributed by atoms with E-state index in [0.717, 1.165) is 16.4 Å². The zero-order valence-corrected chi connectivity index (χ0v) is 14.2. The number of urea groups is 1. The molecule has 13 nitrogen and oxygen atoms in total. The van der Waals surface area contributed by atoms with Crippen molar-refractivity contribution in [1.82, 2.24) is 10.0 Å². The summed E-state index contributed by atoms with van der Waals surface area (Å²) in [6.45, 7) is 2.52. The van der Waals surface area contributed by atoms with E-state index >= 15 is 0 Å². The van der Waals surface area contributed by atoms with Crippen LogP contribution in [0.15, 0.2) is 20.6 Å². The maximum absolute atomic E-state index is 12.0. The fourth-order valence-corrected chi connectivity index (χ4v) is 2.13. The molecular formula is C12H26N10O3. The largest absolute Gasteiger partial charge is 0.372 e. The van der Waals surface area contributed by atoms with Crippen molar-refractivity contribution >= 4 is 12.0 Å². The highest BCUT2D eigenvalue weighted by molar-refractivity contribution is 5.75. The van der Waals surface area contributed by atoms with Gasteiger partial charge < -0.3 is 10.7 Å². The number of hydrogen-bond acceptors (Lipinski definition) is 10. The van der Waals surface area contributed by atoms with Crippen molar-refractivity contribution in [2.75, 3.05) is 13.1 Å². The Morgan fingerprint density at radius 1 is 1.16 bits per heavy atom. The highest BCUT2D eigenvalue weighted by atomic mass is 16.7. The molecule has 25 heavy (non-hydrogen) atoms. The van der Waals surface area contributed by atoms with E-state index in [0.29, 0.717) is 32.2 Å². The molecule has 142 valence electrons. The van der Waals surface area contributed by atoms with Crippen molar-refractivity contribution in [3.05, 3.63) is 0 Å². The lowest BCUT2D eigenvalue weighted by molar-refractivity contribution is -0.146. The van der Waals surface area contributed by atoms with Crippen LogP contribution in [0, 0.1) is 0 Å². The van der Waals surface area contributed by atoms with Crippen molar-refractivity contribution in [3.8, 4) is 0 Å². The minimum Gasteiger partial charge on any atom is -0.372 e. The molecule has 0 aromatic heterocycles. The molecule has 0 aromatic rings. The first kappa shape index (κ1) is 20.7. The van der Waals surface area contributed by atoms with Crippen LogP contribution >= 0.6 is 0 Å². The van der Waals surface area contributed by atoms with Crippen LogP contribution in [-0.4, -0.2) is 46.8 Å². The van der Waals surface area contributed by atoms with Gasteiger partial charge in [0.2, 0.25) is 0 Å². The van der Waals surface area contributed by atoms with Gasteiger partial charge in [0.25, 0.3) is 0 Å². The second-order valence-corrected chi connectivity index (χ2v) is 5.87. The van der Waals surface area contributed by atoms with Gasteiger partial charge in [-0.3, -0.25) is 10.0 Å². The normalized spacial score (nSPS) is 15.8. The van der Waals surface area contributed by atoms with E-state index < -0.39 is 18.0 Å². The Hall–Kier alpha value is -2.38. The number of rotatable bonds is 11. The summed E-state index contributed by atoms with van der Waals surface area (Å²) in [5.41, 5.74) is -0.311. The van der Waals surface area contributed by atoms with Gasteiger partial charge in [-0.25, -0.2) is 21.3 Å². The quantitative estimate of drug-likeness (QED) is 0.127. The van der Waals surface area contributed by atoms with Crippen LogP contribution in [-0.2, 0) is 9.63 Å². The van der Waals surface area contributed by atoms with Crippen molar-refractivity contribution in [2.24, 2.45) is 44.0 Å². The molecule has 0 aromatic carbocycles. The summed E-state index contributed by atoms with van der Waals surface area (Å²) in [5.74, 6) is 20.4. The Kier molecular flexibility index (Phi) is 8.10. The summed E-state index contributed by atoms with van der Waals surface area (Å²) in [6, 6.07) is -1.36. The first-order chi connectivity index (χ1) is 11.8. The van der Waals surface area contributed by atoms with Gasteiger partial charge in [0, 0.05) is 13.1 Å². The van der Waals surface area contributed by atoms with E-state index in [-0.39, 0.29) is 12.2 Å². The zero-order chi connectivity index (χ0) is 18.9. The monoisotopic (exact) mass is 358 g/mol. The molecule has 0 radical (unpaired) electrons. The van der Waals surface area contributed by atoms with Crippen molar-refractivity contribution < 1.29 is 14.4 Å². The first-order valence-electron chi connectivity index (χ1n) is 7.86. The van der Waals surface area contributed by atoms with Crippen molar-refractivity contribution in [1.29, 1.82) is 0 Å². The topological polar surface area (TPSA) is 203 Å². The van der Waals surface area contributed by atoms with E-state index in [1.165, 1.54) is 0 Å². The number of hydrazine groups is 2. The van der Waals surface area contributed by atoms with Crippen LogP contribution in [0.1, 0.15) is 39.0 Å². The lowest BCUT2D eigenvalue weighted by atomic mass is 10.1. The molecule has 1 aliphatic heterocycles. The number of nitrogens with zero attached hydrogens (tertiary/aromatic N) is 6. The second kappa shape index (κ2) is 9.80. The third kappa shape index (κ3) is 7.36. The summed E-state index contributed by atoms with van der Waals surface area (Å²) in [7, 11) is 0. The average molecular weight is 358 g/mol. The molecule has 0 aliphatic carbocycles. The number of unbranched alkanes of at least 4 members (excludes halogenated alkanes) is 1. The standard InChI is InChI=1S/C12H26N10O3/c1-12(18-19-12)6-4-8-22(15)11(24)21(14)7-3-2-5-9(17-20-13)10(23)25-16/h9H,2-8,14-16H2,1H3,(H2,13,17)/t9-/m0/s1. The van der Waals surface area contributed by atoms with Gasteiger partial charge in [-0.15, -0.1) is 0 Å². The Morgan fingerprint density at radius 2 is 1.76 bits per heavy atom. The van der Waals surface area contributed by atoms with E-state index in [9.17, 15) is 9.59 Å². The Morgan fingerprint density at radius 3 is 2.28 bits per heavy atom. The molecule has 1 heterocycles. The maximum Gasteiger partial charge on any atom is 0.351 e. The summed E-state index contributed by atoms with van der Waals surface area (Å²) in [4.78, 5) is 27.4. The predicted octanol–water partition coefficient (Wildman–Crippen LogP) is -0.298. The van der Waals surface area contributed by atoms with E-state index in [4.69, 9.17) is 23.4 Å². The molecule has 0 fully saturated rings. The number of carbonyl (C=O) groups is 2. The van der Waals surface area contributed by atoms with Gasteiger partial charge in [0.05, 0.1) is 0 Å². The van der Waals surface area contributed by atoms with Crippen LogP contribution in [0.25, 0.3) is 0 Å². The highest BCUT2D eigenvalue weighted by Gasteiger charge is 2.33. The number of amides is 2. The SMILES string of the molecule is CC1(CCCN(N)C(=O)N(N)CCCC[C@H](N=NN)C(=O)ON)N=N1. The van der Waals surface area contributed by atoms with Crippen LogP contribution in [0.2, 0.25) is 0 Å². The molecule has 0 bridgehead atoms. The molecule has 13 heteroatoms. The minimum absolute atomic E-state index is 0.263. The molecular weight excluding hydrogens is 332 g/mol. The molecule has 8 N–H and O–H groups in total.